The Kier molecular flexibility index (Phi) is 6.99. The highest BCUT2D eigenvalue weighted by molar-refractivity contribution is 7.16. The summed E-state index contributed by atoms with van der Waals surface area (Å²) in [5.41, 5.74) is 1.17. The molecule has 5 nitrogen and oxygen atoms in total. The van der Waals surface area contributed by atoms with Crippen molar-refractivity contribution in [2.75, 3.05) is 0 Å². The molecule has 2 rings (SSSR count). The van der Waals surface area contributed by atoms with E-state index < -0.39 is 0 Å². The Balaban J connectivity index is 0. The van der Waals surface area contributed by atoms with Crippen LogP contribution in [0, 0.1) is 0 Å². The largest absolute Gasteiger partial charge is 0.412 e. The first-order chi connectivity index (χ1) is 5.83. The molecule has 0 aliphatic rings. The molecule has 0 bridgehead atoms. The van der Waals surface area contributed by atoms with Crippen molar-refractivity contribution >= 4 is 34.0 Å². The average Bonchev–Trinajstić information content (AvgIpc) is 2.44. The second-order valence-corrected chi connectivity index (χ2v) is 3.55. The molecular formula is C8H14ClN3O2S. The van der Waals surface area contributed by atoms with E-state index in [1.54, 1.807) is 11.3 Å². The molecule has 0 aliphatic heterocycles. The van der Waals surface area contributed by atoms with Gasteiger partial charge in [0.25, 0.3) is 0 Å². The third kappa shape index (κ3) is 2.69. The summed E-state index contributed by atoms with van der Waals surface area (Å²) in [5.74, 6) is 5.23. The predicted molar refractivity (Wildman–Crippen MR) is 65.0 cm³/mol. The van der Waals surface area contributed by atoms with Gasteiger partial charge in [0, 0.05) is 7.05 Å². The monoisotopic (exact) mass is 251 g/mol. The van der Waals surface area contributed by atoms with Crippen LogP contribution in [0.5, 0.6) is 0 Å². The number of hydrogen-bond acceptors (Lipinski definition) is 3. The second kappa shape index (κ2) is 6.41. The summed E-state index contributed by atoms with van der Waals surface area (Å²) in [6, 6.07) is 8.14. The molecule has 1 heterocycles. The molecule has 6 N–H and O–H groups in total. The normalized spacial score (nSPS) is 10.1. The zero-order chi connectivity index (χ0) is 8.55. The molecule has 0 saturated carbocycles. The Hall–Kier alpha value is -1.08. The van der Waals surface area contributed by atoms with Crippen LogP contribution in [0.3, 0.4) is 0 Å². The molecule has 7 heteroatoms. The number of para-hydroxylation sites is 1. The highest BCUT2D eigenvalue weighted by Crippen LogP contribution is 2.14. The SMILES string of the molecule is Cl.Cn1c(=NN)sc2ccccc21.O.O. The Morgan fingerprint density at radius 2 is 1.87 bits per heavy atom. The lowest BCUT2D eigenvalue weighted by molar-refractivity contribution is 0.823. The Morgan fingerprint density at radius 3 is 2.40 bits per heavy atom. The van der Waals surface area contributed by atoms with Gasteiger partial charge in [0.05, 0.1) is 10.2 Å². The van der Waals surface area contributed by atoms with Crippen molar-refractivity contribution in [3.63, 3.8) is 0 Å². The summed E-state index contributed by atoms with van der Waals surface area (Å²) >= 11 is 1.60. The fourth-order valence-electron chi connectivity index (χ4n) is 1.20. The minimum atomic E-state index is 0. The summed E-state index contributed by atoms with van der Waals surface area (Å²) in [4.78, 5) is 0.844. The van der Waals surface area contributed by atoms with Crippen molar-refractivity contribution in [2.24, 2.45) is 18.0 Å². The average molecular weight is 252 g/mol. The maximum atomic E-state index is 5.23. The maximum absolute atomic E-state index is 5.23. The number of nitrogens with zero attached hydrogens (tertiary/aromatic N) is 2. The van der Waals surface area contributed by atoms with E-state index in [9.17, 15) is 0 Å². The van der Waals surface area contributed by atoms with Gasteiger partial charge in [0.2, 0.25) is 4.80 Å². The fourth-order valence-corrected chi connectivity index (χ4v) is 2.14. The van der Waals surface area contributed by atoms with Crippen LogP contribution in [0.2, 0.25) is 0 Å². The number of hydrogen-bond donors (Lipinski definition) is 1. The summed E-state index contributed by atoms with van der Waals surface area (Å²) in [5, 5.41) is 3.69. The minimum Gasteiger partial charge on any atom is -0.412 e. The number of benzene rings is 1. The van der Waals surface area contributed by atoms with Crippen LogP contribution in [0.25, 0.3) is 10.2 Å². The van der Waals surface area contributed by atoms with Crippen LogP contribution in [0.15, 0.2) is 29.4 Å². The van der Waals surface area contributed by atoms with Gasteiger partial charge in [0.15, 0.2) is 0 Å². The molecular weight excluding hydrogens is 238 g/mol. The molecule has 0 aliphatic carbocycles. The zero-order valence-corrected chi connectivity index (χ0v) is 9.73. The summed E-state index contributed by atoms with van der Waals surface area (Å²) < 4.78 is 3.20. The Bertz CT molecular complexity index is 480. The molecule has 2 aromatic rings. The van der Waals surface area contributed by atoms with Crippen LogP contribution in [-0.2, 0) is 7.05 Å². The van der Waals surface area contributed by atoms with Gasteiger partial charge < -0.3 is 21.4 Å². The van der Waals surface area contributed by atoms with Gasteiger partial charge in [-0.05, 0) is 12.1 Å². The van der Waals surface area contributed by atoms with Crippen molar-refractivity contribution in [1.29, 1.82) is 0 Å². The van der Waals surface area contributed by atoms with E-state index in [2.05, 4.69) is 17.2 Å². The minimum absolute atomic E-state index is 0. The fraction of sp³-hybridized carbons (Fsp3) is 0.125. The van der Waals surface area contributed by atoms with E-state index in [1.165, 1.54) is 10.2 Å². The smallest absolute Gasteiger partial charge is 0.208 e. The quantitative estimate of drug-likeness (QED) is 0.508. The van der Waals surface area contributed by atoms with Crippen molar-refractivity contribution in [3.05, 3.63) is 29.1 Å². The van der Waals surface area contributed by atoms with E-state index >= 15 is 0 Å². The summed E-state index contributed by atoms with van der Waals surface area (Å²) in [7, 11) is 1.96. The molecule has 0 amide bonds. The van der Waals surface area contributed by atoms with Gasteiger partial charge in [-0.2, -0.15) is 5.10 Å². The van der Waals surface area contributed by atoms with E-state index in [0.717, 1.165) is 4.80 Å². The zero-order valence-electron chi connectivity index (χ0n) is 8.10. The summed E-state index contributed by atoms with van der Waals surface area (Å²) in [6.45, 7) is 0. The van der Waals surface area contributed by atoms with Gasteiger partial charge in [-0.1, -0.05) is 23.5 Å². The third-order valence-electron chi connectivity index (χ3n) is 1.83. The van der Waals surface area contributed by atoms with E-state index in [0.29, 0.717) is 0 Å². The van der Waals surface area contributed by atoms with Crippen molar-refractivity contribution < 1.29 is 11.0 Å². The van der Waals surface area contributed by atoms with Gasteiger partial charge in [-0.15, -0.1) is 12.4 Å². The standard InChI is InChI=1S/C8H9N3S.ClH.2H2O/c1-11-6-4-2-3-5-7(6)12-8(11)10-9;;;/h2-5H,9H2,1H3;1H;2*1H2. The van der Waals surface area contributed by atoms with Crippen LogP contribution in [0.1, 0.15) is 0 Å². The number of aromatic nitrogens is 1. The molecule has 0 unspecified atom stereocenters. The van der Waals surface area contributed by atoms with Crippen molar-refractivity contribution in [1.82, 2.24) is 4.57 Å². The topological polar surface area (TPSA) is 106 Å². The highest BCUT2D eigenvalue weighted by atomic mass is 35.5. The van der Waals surface area contributed by atoms with Crippen LogP contribution in [-0.4, -0.2) is 15.5 Å². The first-order valence-corrected chi connectivity index (χ1v) is 4.43. The van der Waals surface area contributed by atoms with Gasteiger partial charge in [-0.3, -0.25) is 0 Å². The lowest BCUT2D eigenvalue weighted by Gasteiger charge is -1.91. The third-order valence-corrected chi connectivity index (χ3v) is 2.95. The molecule has 15 heavy (non-hydrogen) atoms. The van der Waals surface area contributed by atoms with Gasteiger partial charge in [0.1, 0.15) is 0 Å². The second-order valence-electron chi connectivity index (χ2n) is 2.54. The Labute approximate surface area is 96.9 Å². The maximum Gasteiger partial charge on any atom is 0.208 e. The molecule has 0 fully saturated rings. The van der Waals surface area contributed by atoms with Gasteiger partial charge in [-0.25, -0.2) is 0 Å². The lowest BCUT2D eigenvalue weighted by Crippen LogP contribution is -2.11. The van der Waals surface area contributed by atoms with E-state index in [4.69, 9.17) is 5.84 Å². The molecule has 0 radical (unpaired) electrons. The van der Waals surface area contributed by atoms with Crippen LogP contribution < -0.4 is 10.6 Å². The number of thiazole rings is 1. The first-order valence-electron chi connectivity index (χ1n) is 3.61. The summed E-state index contributed by atoms with van der Waals surface area (Å²) in [6.07, 6.45) is 0. The predicted octanol–water partition coefficient (Wildman–Crippen LogP) is -0.213. The molecule has 1 aromatic carbocycles. The Morgan fingerprint density at radius 1 is 1.27 bits per heavy atom. The molecule has 0 spiro atoms. The van der Waals surface area contributed by atoms with Gasteiger partial charge >= 0.3 is 0 Å². The molecule has 0 atom stereocenters. The molecule has 86 valence electrons. The number of aryl methyl sites for hydroxylation is 1. The van der Waals surface area contributed by atoms with Crippen LogP contribution >= 0.6 is 23.7 Å². The number of nitrogens with two attached hydrogens (primary N) is 1. The number of halogens is 1. The number of fused-ring (bicyclic) bond motifs is 1. The van der Waals surface area contributed by atoms with Crippen molar-refractivity contribution in [3.8, 4) is 0 Å². The highest BCUT2D eigenvalue weighted by Gasteiger charge is 1.99. The van der Waals surface area contributed by atoms with Crippen LogP contribution in [0.4, 0.5) is 0 Å². The molecule has 1 aromatic heterocycles. The molecule has 0 saturated heterocycles. The van der Waals surface area contributed by atoms with E-state index in [-0.39, 0.29) is 23.4 Å². The lowest BCUT2D eigenvalue weighted by atomic mass is 10.3. The van der Waals surface area contributed by atoms with E-state index in [1.807, 2.05) is 23.7 Å². The first kappa shape index (κ1) is 16.4. The number of rotatable bonds is 0. The van der Waals surface area contributed by atoms with Crippen molar-refractivity contribution in [2.45, 2.75) is 0 Å².